The number of benzene rings is 6. The normalized spacial score (nSPS) is 13.6. The average molecular weight is 1120 g/mol. The summed E-state index contributed by atoms with van der Waals surface area (Å²) in [6, 6.07) is 32.6. The largest absolute Gasteiger partial charge is 0.462 e. The van der Waals surface area contributed by atoms with Gasteiger partial charge >= 0.3 is 15.2 Å². The lowest BCUT2D eigenvalue weighted by Gasteiger charge is -2.33. The lowest BCUT2D eigenvalue weighted by molar-refractivity contribution is 0.382. The van der Waals surface area contributed by atoms with Crippen LogP contribution in [0.4, 0.5) is 0 Å². The highest BCUT2D eigenvalue weighted by Gasteiger charge is 2.41. The van der Waals surface area contributed by atoms with Gasteiger partial charge in [0, 0.05) is 22.3 Å². The molecule has 0 fully saturated rings. The van der Waals surface area contributed by atoms with Gasteiger partial charge in [-0.25, -0.2) is 9.13 Å². The molecule has 0 saturated heterocycles. The Balaban J connectivity index is 1.57. The van der Waals surface area contributed by atoms with Crippen LogP contribution in [0, 0.1) is 27.7 Å². The third-order valence-electron chi connectivity index (χ3n) is 15.6. The van der Waals surface area contributed by atoms with Gasteiger partial charge in [-0.15, -0.1) is 0 Å². The van der Waals surface area contributed by atoms with Crippen LogP contribution in [0.3, 0.4) is 0 Å². The molecule has 0 aliphatic heterocycles. The first-order valence-electron chi connectivity index (χ1n) is 28.9. The quantitative estimate of drug-likeness (QED) is 0.120. The predicted octanol–water partition coefficient (Wildman–Crippen LogP) is 20.9. The smallest absolute Gasteiger partial charge is 0.412 e. The summed E-state index contributed by atoms with van der Waals surface area (Å²) in [4.78, 5) is 0. The van der Waals surface area contributed by atoms with Crippen molar-refractivity contribution in [2.75, 3.05) is 0 Å². The predicted molar refractivity (Wildman–Crippen MR) is 343 cm³/mol. The molecular weight excluding hydrogens is 1020 g/mol. The van der Waals surface area contributed by atoms with Gasteiger partial charge in [0.2, 0.25) is 0 Å². The van der Waals surface area contributed by atoms with E-state index < -0.39 is 15.2 Å². The molecule has 0 saturated carbocycles. The van der Waals surface area contributed by atoms with Gasteiger partial charge in [0.1, 0.15) is 23.0 Å². The van der Waals surface area contributed by atoms with Crippen LogP contribution in [0.25, 0.3) is 11.1 Å². The van der Waals surface area contributed by atoms with Gasteiger partial charge in [0.15, 0.2) is 0 Å². The van der Waals surface area contributed by atoms with Crippen LogP contribution in [-0.4, -0.2) is 0 Å². The van der Waals surface area contributed by atoms with E-state index in [-0.39, 0.29) is 43.3 Å². The average Bonchev–Trinajstić information content (AvgIpc) is 3.28. The fourth-order valence-corrected chi connectivity index (χ4v) is 14.7. The molecule has 0 aromatic heterocycles. The Bertz CT molecular complexity index is 2950. The zero-order valence-corrected chi connectivity index (χ0v) is 56.4. The molecule has 6 nitrogen and oxygen atoms in total. The Morgan fingerprint density at radius 1 is 0.237 bits per heavy atom. The van der Waals surface area contributed by atoms with Crippen molar-refractivity contribution in [2.45, 2.75) is 237 Å². The van der Waals surface area contributed by atoms with Crippen molar-refractivity contribution in [3.05, 3.63) is 164 Å². The summed E-state index contributed by atoms with van der Waals surface area (Å²) in [5.41, 5.74) is 11.5. The topological polar surface area (TPSA) is 71.1 Å². The second-order valence-corrected chi connectivity index (χ2v) is 34.7. The monoisotopic (exact) mass is 1120 g/mol. The van der Waals surface area contributed by atoms with Crippen LogP contribution < -0.4 is 28.7 Å². The number of rotatable bonds is 11. The van der Waals surface area contributed by atoms with Crippen LogP contribution in [0.2, 0.25) is 0 Å². The van der Waals surface area contributed by atoms with Crippen LogP contribution in [-0.2, 0) is 52.5 Å². The number of hydrogen-bond acceptors (Lipinski definition) is 6. The standard InChI is InChI=1S/C72H100O6P2/c1-45-53(65(5,6)7)37-41-57(69(17,18)19)61(45)75-79(73,76-62-46(2)54(66(8,9)10)38-42-58(62)70(20,21)22)51-33-29-49(30-34-51)50-31-35-52(36-32-50)80(74,77-63-47(3)55(67(11,12)13)39-43-59(63)71(23,24)25)78-64-48(4)56(68(14,15)16)40-44-60(64)72(26,27)28/h29-44H,1-28H3. The van der Waals surface area contributed by atoms with Gasteiger partial charge in [-0.3, -0.25) is 0 Å². The third kappa shape index (κ3) is 13.6. The van der Waals surface area contributed by atoms with Gasteiger partial charge in [0.25, 0.3) is 0 Å². The molecule has 0 atom stereocenters. The lowest BCUT2D eigenvalue weighted by atomic mass is 9.79. The van der Waals surface area contributed by atoms with Crippen molar-refractivity contribution < 1.29 is 27.2 Å². The Hall–Kier alpha value is -5.02. The summed E-state index contributed by atoms with van der Waals surface area (Å²) in [6.07, 6.45) is 0. The van der Waals surface area contributed by atoms with E-state index in [0.717, 1.165) is 77.9 Å². The minimum Gasteiger partial charge on any atom is -0.412 e. The van der Waals surface area contributed by atoms with E-state index in [9.17, 15) is 0 Å². The van der Waals surface area contributed by atoms with Crippen LogP contribution >= 0.6 is 15.2 Å². The Kier molecular flexibility index (Phi) is 17.3. The number of hydrogen-bond donors (Lipinski definition) is 0. The third-order valence-corrected chi connectivity index (χ3v) is 19.2. The van der Waals surface area contributed by atoms with E-state index in [0.29, 0.717) is 33.6 Å². The molecule has 0 aliphatic rings. The zero-order chi connectivity index (χ0) is 60.7. The van der Waals surface area contributed by atoms with E-state index in [2.05, 4.69) is 242 Å². The highest BCUT2D eigenvalue weighted by molar-refractivity contribution is 7.63. The molecule has 434 valence electrons. The molecule has 0 bridgehead atoms. The van der Waals surface area contributed by atoms with Gasteiger partial charge in [-0.05, 0) is 151 Å². The van der Waals surface area contributed by atoms with Crippen molar-refractivity contribution >= 4 is 25.8 Å². The Morgan fingerprint density at radius 3 is 0.537 bits per heavy atom. The van der Waals surface area contributed by atoms with Gasteiger partial charge < -0.3 is 18.1 Å². The molecule has 0 unspecified atom stereocenters. The van der Waals surface area contributed by atoms with Crippen molar-refractivity contribution in [3.8, 4) is 34.1 Å². The second kappa shape index (κ2) is 21.6. The maximum atomic E-state index is 16.5. The van der Waals surface area contributed by atoms with E-state index in [1.54, 1.807) is 0 Å². The first-order chi connectivity index (χ1) is 36.1. The summed E-state index contributed by atoms with van der Waals surface area (Å²) in [5, 5.41) is 0.852. The molecule has 0 radical (unpaired) electrons. The molecule has 0 N–H and O–H groups in total. The zero-order valence-electron chi connectivity index (χ0n) is 54.6. The second-order valence-electron chi connectivity index (χ2n) is 30.9. The molecular formula is C72H100O6P2. The molecule has 8 heteroatoms. The summed E-state index contributed by atoms with van der Waals surface area (Å²) in [6.45, 7) is 60.5. The molecule has 6 rings (SSSR count). The molecule has 0 spiro atoms. The first-order valence-corrected chi connectivity index (χ1v) is 32.0. The minimum atomic E-state index is -4.25. The fourth-order valence-electron chi connectivity index (χ4n) is 11.3. The van der Waals surface area contributed by atoms with E-state index >= 15 is 9.13 Å². The summed E-state index contributed by atoms with van der Waals surface area (Å²) < 4.78 is 61.7. The molecule has 80 heavy (non-hydrogen) atoms. The van der Waals surface area contributed by atoms with Crippen molar-refractivity contribution in [1.82, 2.24) is 0 Å². The summed E-state index contributed by atoms with van der Waals surface area (Å²) >= 11 is 0. The Labute approximate surface area is 485 Å². The first kappa shape index (κ1) is 64.2. The van der Waals surface area contributed by atoms with Gasteiger partial charge in [-0.2, -0.15) is 0 Å². The van der Waals surface area contributed by atoms with Crippen LogP contribution in [0.5, 0.6) is 23.0 Å². The highest BCUT2D eigenvalue weighted by Crippen LogP contribution is 2.57. The molecule has 0 amide bonds. The van der Waals surface area contributed by atoms with E-state index in [1.807, 2.05) is 48.5 Å². The van der Waals surface area contributed by atoms with Crippen molar-refractivity contribution in [3.63, 3.8) is 0 Å². The highest BCUT2D eigenvalue weighted by atomic mass is 31.2. The SMILES string of the molecule is Cc1c(C(C)(C)C)ccc(C(C)(C)C)c1OP(=O)(Oc1c(C(C)(C)C)ccc(C(C)(C)C)c1C)c1ccc(-c2ccc(P(=O)(Oc3c(C(C)(C)C)ccc(C(C)(C)C)c3C)Oc3c(C(C)(C)C)ccc(C(C)(C)C)c3C)cc2)cc1. The molecule has 0 aliphatic carbocycles. The van der Waals surface area contributed by atoms with Gasteiger partial charge in [-0.1, -0.05) is 239 Å². The molecule has 6 aromatic carbocycles. The summed E-state index contributed by atoms with van der Waals surface area (Å²) in [7, 11) is -8.51. The van der Waals surface area contributed by atoms with Crippen molar-refractivity contribution in [2.24, 2.45) is 0 Å². The maximum Gasteiger partial charge on any atom is 0.462 e. The van der Waals surface area contributed by atoms with Crippen LogP contribution in [0.15, 0.2) is 97.1 Å². The van der Waals surface area contributed by atoms with E-state index in [1.165, 1.54) is 0 Å². The van der Waals surface area contributed by atoms with Crippen LogP contribution in [0.1, 0.15) is 233 Å². The molecule has 6 aromatic rings. The van der Waals surface area contributed by atoms with E-state index in [4.69, 9.17) is 18.1 Å². The maximum absolute atomic E-state index is 16.5. The minimum absolute atomic E-state index is 0.207. The lowest BCUT2D eigenvalue weighted by Crippen LogP contribution is -2.23. The Morgan fingerprint density at radius 2 is 0.388 bits per heavy atom. The fraction of sp³-hybridized carbons (Fsp3) is 0.500. The van der Waals surface area contributed by atoms with Crippen molar-refractivity contribution in [1.29, 1.82) is 0 Å². The molecule has 0 heterocycles. The van der Waals surface area contributed by atoms with Gasteiger partial charge in [0.05, 0.1) is 10.6 Å². The summed E-state index contributed by atoms with van der Waals surface area (Å²) in [5.74, 6) is 2.31.